The van der Waals surface area contributed by atoms with Crippen molar-refractivity contribution in [1.82, 2.24) is 15.2 Å². The third kappa shape index (κ3) is 4.75. The van der Waals surface area contributed by atoms with Crippen molar-refractivity contribution in [2.75, 3.05) is 13.6 Å². The highest BCUT2D eigenvalue weighted by atomic mass is 32.1. The summed E-state index contributed by atoms with van der Waals surface area (Å²) >= 11 is 1.58. The summed E-state index contributed by atoms with van der Waals surface area (Å²) in [5.41, 5.74) is 2.69. The molecule has 0 atom stereocenters. The lowest BCUT2D eigenvalue weighted by molar-refractivity contribution is -0.129. The normalized spacial score (nSPS) is 11.4. The molecule has 1 N–H and O–H groups in total. The van der Waals surface area contributed by atoms with Gasteiger partial charge in [0.2, 0.25) is 5.91 Å². The summed E-state index contributed by atoms with van der Waals surface area (Å²) in [6.07, 6.45) is 0. The average molecular weight is 396 g/mol. The highest BCUT2D eigenvalue weighted by Gasteiger charge is 2.16. The van der Waals surface area contributed by atoms with Crippen LogP contribution in [0, 0.1) is 0 Å². The molecule has 0 aliphatic heterocycles. The quantitative estimate of drug-likeness (QED) is 0.711. The fourth-order valence-corrected chi connectivity index (χ4v) is 3.81. The van der Waals surface area contributed by atoms with Gasteiger partial charge in [0.15, 0.2) is 0 Å². The Bertz CT molecular complexity index is 954. The van der Waals surface area contributed by atoms with Gasteiger partial charge in [-0.3, -0.25) is 9.59 Å². The van der Waals surface area contributed by atoms with E-state index in [9.17, 15) is 9.59 Å². The molecule has 6 heteroatoms. The number of thiazole rings is 1. The molecule has 3 rings (SSSR count). The number of likely N-dealkylation sites (N-methyl/N-ethyl adjacent to an activating group) is 1. The molecule has 0 radical (unpaired) electrons. The van der Waals surface area contributed by atoms with Crippen molar-refractivity contribution in [2.24, 2.45) is 0 Å². The van der Waals surface area contributed by atoms with Gasteiger partial charge in [-0.1, -0.05) is 45.0 Å². The number of nitrogens with one attached hydrogen (secondary N) is 1. The molecule has 2 aromatic carbocycles. The third-order valence-electron chi connectivity index (χ3n) is 4.55. The number of rotatable bonds is 5. The molecule has 0 fully saturated rings. The van der Waals surface area contributed by atoms with Crippen LogP contribution in [-0.2, 0) is 16.8 Å². The number of hydrogen-bond donors (Lipinski definition) is 1. The highest BCUT2D eigenvalue weighted by molar-refractivity contribution is 7.18. The van der Waals surface area contributed by atoms with Crippen LogP contribution in [0.3, 0.4) is 0 Å². The average Bonchev–Trinajstić information content (AvgIpc) is 3.07. The summed E-state index contributed by atoms with van der Waals surface area (Å²) in [4.78, 5) is 30.8. The maximum absolute atomic E-state index is 12.4. The molecule has 1 aromatic heterocycles. The van der Waals surface area contributed by atoms with Gasteiger partial charge in [0.1, 0.15) is 5.01 Å². The number of amides is 2. The fourth-order valence-electron chi connectivity index (χ4n) is 2.79. The van der Waals surface area contributed by atoms with Crippen LogP contribution in [0.5, 0.6) is 0 Å². The second-order valence-corrected chi connectivity index (χ2v) is 8.95. The van der Waals surface area contributed by atoms with Crippen molar-refractivity contribution in [3.05, 3.63) is 64.7 Å². The summed E-state index contributed by atoms with van der Waals surface area (Å²) in [5, 5.41) is 3.58. The summed E-state index contributed by atoms with van der Waals surface area (Å²) in [7, 11) is 1.72. The van der Waals surface area contributed by atoms with Gasteiger partial charge in [0.05, 0.1) is 23.3 Å². The third-order valence-corrected chi connectivity index (χ3v) is 5.57. The Morgan fingerprint density at radius 1 is 1.07 bits per heavy atom. The van der Waals surface area contributed by atoms with E-state index in [0.29, 0.717) is 12.1 Å². The van der Waals surface area contributed by atoms with Crippen molar-refractivity contribution in [3.63, 3.8) is 0 Å². The minimum absolute atomic E-state index is 0.0360. The van der Waals surface area contributed by atoms with Gasteiger partial charge < -0.3 is 10.2 Å². The van der Waals surface area contributed by atoms with E-state index in [1.807, 2.05) is 36.4 Å². The van der Waals surface area contributed by atoms with Crippen LogP contribution in [0.4, 0.5) is 0 Å². The molecule has 1 heterocycles. The summed E-state index contributed by atoms with van der Waals surface area (Å²) in [6.45, 7) is 6.77. The number of carbonyl (C=O) groups excluding carboxylic acids is 2. The van der Waals surface area contributed by atoms with Crippen molar-refractivity contribution in [2.45, 2.75) is 32.7 Å². The number of para-hydroxylation sites is 1. The summed E-state index contributed by atoms with van der Waals surface area (Å²) in [5.74, 6) is -0.402. The Labute approximate surface area is 169 Å². The Morgan fingerprint density at radius 3 is 2.39 bits per heavy atom. The van der Waals surface area contributed by atoms with Crippen LogP contribution in [0.15, 0.2) is 48.5 Å². The number of nitrogens with zero attached hydrogens (tertiary/aromatic N) is 2. The zero-order valence-corrected chi connectivity index (χ0v) is 17.5. The van der Waals surface area contributed by atoms with Gasteiger partial charge in [0, 0.05) is 12.6 Å². The molecule has 5 nitrogen and oxygen atoms in total. The van der Waals surface area contributed by atoms with Crippen LogP contribution in [0.2, 0.25) is 0 Å². The zero-order chi connectivity index (χ0) is 20.3. The van der Waals surface area contributed by atoms with E-state index in [2.05, 4.69) is 31.1 Å². The van der Waals surface area contributed by atoms with E-state index >= 15 is 0 Å². The largest absolute Gasteiger partial charge is 0.343 e. The smallest absolute Gasteiger partial charge is 0.251 e. The Kier molecular flexibility index (Phi) is 5.79. The fraction of sp³-hybridized carbons (Fsp3) is 0.318. The Hall–Kier alpha value is -2.73. The lowest BCUT2D eigenvalue weighted by atomic mass is 9.87. The molecule has 0 bridgehead atoms. The van der Waals surface area contributed by atoms with Crippen molar-refractivity contribution < 1.29 is 9.59 Å². The van der Waals surface area contributed by atoms with Crippen molar-refractivity contribution >= 4 is 33.4 Å². The highest BCUT2D eigenvalue weighted by Crippen LogP contribution is 2.23. The molecule has 0 spiro atoms. The predicted molar refractivity (Wildman–Crippen MR) is 114 cm³/mol. The molecule has 3 aromatic rings. The zero-order valence-electron chi connectivity index (χ0n) is 16.7. The van der Waals surface area contributed by atoms with E-state index in [-0.39, 0.29) is 23.8 Å². The van der Waals surface area contributed by atoms with Gasteiger partial charge >= 0.3 is 0 Å². The molecule has 0 aliphatic rings. The van der Waals surface area contributed by atoms with Crippen LogP contribution in [-0.4, -0.2) is 35.3 Å². The minimum atomic E-state index is -0.248. The van der Waals surface area contributed by atoms with E-state index in [4.69, 9.17) is 0 Å². The van der Waals surface area contributed by atoms with Gasteiger partial charge in [-0.15, -0.1) is 11.3 Å². The number of carbonyl (C=O) groups is 2. The lowest BCUT2D eigenvalue weighted by Crippen LogP contribution is -2.37. The molecule has 0 saturated carbocycles. The molecule has 28 heavy (non-hydrogen) atoms. The van der Waals surface area contributed by atoms with Crippen LogP contribution in [0.1, 0.15) is 41.7 Å². The van der Waals surface area contributed by atoms with Crippen LogP contribution >= 0.6 is 11.3 Å². The summed E-state index contributed by atoms with van der Waals surface area (Å²) < 4.78 is 1.10. The molecule has 2 amide bonds. The van der Waals surface area contributed by atoms with E-state index in [1.54, 1.807) is 35.4 Å². The number of benzene rings is 2. The van der Waals surface area contributed by atoms with Crippen molar-refractivity contribution in [1.29, 1.82) is 0 Å². The monoisotopic (exact) mass is 395 g/mol. The first kappa shape index (κ1) is 20.0. The number of hydrogen-bond acceptors (Lipinski definition) is 4. The second kappa shape index (κ2) is 8.10. The SMILES string of the molecule is CN(Cc1nc2ccccc2s1)C(=O)CNC(=O)c1ccc(C(C)(C)C)cc1. The first-order valence-electron chi connectivity index (χ1n) is 9.21. The predicted octanol–water partition coefficient (Wildman–Crippen LogP) is 3.98. The van der Waals surface area contributed by atoms with E-state index in [1.165, 1.54) is 0 Å². The second-order valence-electron chi connectivity index (χ2n) is 7.84. The van der Waals surface area contributed by atoms with E-state index < -0.39 is 0 Å². The molecule has 0 saturated heterocycles. The summed E-state index contributed by atoms with van der Waals surface area (Å²) in [6, 6.07) is 15.4. The van der Waals surface area contributed by atoms with Crippen LogP contribution in [0.25, 0.3) is 10.2 Å². The lowest BCUT2D eigenvalue weighted by Gasteiger charge is -2.19. The molecule has 146 valence electrons. The maximum atomic E-state index is 12.4. The first-order chi connectivity index (χ1) is 13.2. The van der Waals surface area contributed by atoms with Gasteiger partial charge in [-0.2, -0.15) is 0 Å². The van der Waals surface area contributed by atoms with Crippen LogP contribution < -0.4 is 5.32 Å². The Balaban J connectivity index is 1.54. The molecule has 0 aliphatic carbocycles. The topological polar surface area (TPSA) is 62.3 Å². The van der Waals surface area contributed by atoms with E-state index in [0.717, 1.165) is 20.8 Å². The maximum Gasteiger partial charge on any atom is 0.251 e. The number of fused-ring (bicyclic) bond motifs is 1. The molecular weight excluding hydrogens is 370 g/mol. The molecule has 0 unspecified atom stereocenters. The minimum Gasteiger partial charge on any atom is -0.343 e. The van der Waals surface area contributed by atoms with Gasteiger partial charge in [0.25, 0.3) is 5.91 Å². The molecular formula is C22H25N3O2S. The number of aromatic nitrogens is 1. The Morgan fingerprint density at radius 2 is 1.75 bits per heavy atom. The van der Waals surface area contributed by atoms with Gasteiger partial charge in [-0.25, -0.2) is 4.98 Å². The standard InChI is InChI=1S/C22H25N3O2S/c1-22(2,3)16-11-9-15(10-12-16)21(27)23-13-20(26)25(4)14-19-24-17-7-5-6-8-18(17)28-19/h5-12H,13-14H2,1-4H3,(H,23,27). The first-order valence-corrected chi connectivity index (χ1v) is 10.0. The van der Waals surface area contributed by atoms with Crippen molar-refractivity contribution in [3.8, 4) is 0 Å². The van der Waals surface area contributed by atoms with Gasteiger partial charge in [-0.05, 0) is 35.2 Å².